The molecule has 0 saturated carbocycles. The lowest BCUT2D eigenvalue weighted by atomic mass is 9.78. The third-order valence-corrected chi connectivity index (χ3v) is 23.6. The van der Waals surface area contributed by atoms with Crippen molar-refractivity contribution in [2.45, 2.75) is 106 Å². The molecule has 6 aromatic heterocycles. The van der Waals surface area contributed by atoms with Gasteiger partial charge in [-0.1, -0.05) is 262 Å². The van der Waals surface area contributed by atoms with Crippen molar-refractivity contribution in [2.75, 3.05) is 10.6 Å². The van der Waals surface area contributed by atoms with Gasteiger partial charge in [-0.05, 0) is 163 Å². The molecule has 36 heteroatoms. The molecule has 2 aliphatic heterocycles. The Labute approximate surface area is 822 Å². The summed E-state index contributed by atoms with van der Waals surface area (Å²) in [5.74, 6) is 0.835. The number of nitrogens with one attached hydrogen (secondary N) is 2. The number of halogens is 10. The fraction of sp³-hybridized carbons (Fsp3) is 0.162. The molecule has 0 spiro atoms. The quantitative estimate of drug-likeness (QED) is 0.0558. The van der Waals surface area contributed by atoms with Crippen molar-refractivity contribution in [1.29, 1.82) is 0 Å². The molecule has 686 valence electrons. The summed E-state index contributed by atoms with van der Waals surface area (Å²) >= 11 is 60.3. The number of allylic oxidation sites excluding steroid dienone is 1. The molecule has 26 nitrogen and oxygen atoms in total. The first kappa shape index (κ1) is 97.9. The number of aromatic nitrogens is 12. The second-order valence-corrected chi connectivity index (χ2v) is 37.9. The molecule has 0 radical (unpaired) electrons. The van der Waals surface area contributed by atoms with Gasteiger partial charge in [0.1, 0.15) is 11.6 Å². The predicted octanol–water partition coefficient (Wildman–Crippen LogP) is 20.6. The highest BCUT2D eigenvalue weighted by Crippen LogP contribution is 2.41. The summed E-state index contributed by atoms with van der Waals surface area (Å²) in [6.07, 6.45) is 9.33. The van der Waals surface area contributed by atoms with E-state index in [4.69, 9.17) is 131 Å². The summed E-state index contributed by atoms with van der Waals surface area (Å²) in [5.41, 5.74) is 13.3. The lowest BCUT2D eigenvalue weighted by molar-refractivity contribution is -0.119. The number of rotatable bonds is 11. The number of carbonyl (C=O) groups excluding carboxylic acids is 3. The van der Waals surface area contributed by atoms with E-state index in [9.17, 15) is 45.0 Å². The van der Waals surface area contributed by atoms with Crippen molar-refractivity contribution in [2.24, 2.45) is 15.0 Å². The minimum Gasteiger partial charge on any atom is -0.505 e. The monoisotopic (exact) mass is 2000 g/mol. The number of nitrogens with zero attached hydrogens (tertiary/aromatic N) is 15. The molecule has 0 unspecified atom stereocenters. The first-order valence-corrected chi connectivity index (χ1v) is 45.0. The van der Waals surface area contributed by atoms with Crippen LogP contribution in [0.25, 0.3) is 70.1 Å². The molecule has 0 saturated heterocycles. The van der Waals surface area contributed by atoms with Crippen LogP contribution in [-0.2, 0) is 30.6 Å². The molecular weight excluding hydrogens is 1930 g/mol. The average Bonchev–Trinajstić information content (AvgIpc) is 0.920. The van der Waals surface area contributed by atoms with Crippen molar-refractivity contribution in [1.82, 2.24) is 59.4 Å². The molecule has 10 aromatic carbocycles. The van der Waals surface area contributed by atoms with Crippen molar-refractivity contribution in [3.8, 4) is 57.3 Å². The van der Waals surface area contributed by atoms with Gasteiger partial charge < -0.3 is 41.3 Å². The van der Waals surface area contributed by atoms with Crippen LogP contribution in [0.15, 0.2) is 203 Å². The Morgan fingerprint density at radius 3 is 1.27 bits per heavy atom. The van der Waals surface area contributed by atoms with Gasteiger partial charge in [0.2, 0.25) is 17.7 Å². The van der Waals surface area contributed by atoms with Crippen molar-refractivity contribution < 1.29 is 45.0 Å². The Balaban J connectivity index is 0.000000136. The molecule has 0 aliphatic carbocycles. The fourth-order valence-corrected chi connectivity index (χ4v) is 17.1. The normalized spacial score (nSPS) is 13.7. The highest BCUT2D eigenvalue weighted by Gasteiger charge is 2.35. The number of amides is 3. The number of hydrogen-bond acceptors (Lipinski definition) is 20. The Hall–Kier alpha value is -13.1. The smallest absolute Gasteiger partial charge is 0.247 e. The summed E-state index contributed by atoms with van der Waals surface area (Å²) in [5, 5.41) is 101. The number of carbonyl (C=O) groups is 3. The largest absolute Gasteiger partial charge is 0.505 e. The molecule has 18 rings (SSSR count). The average molecular weight is 2010 g/mol. The Morgan fingerprint density at radius 2 is 0.830 bits per heavy atom. The molecule has 8 heterocycles. The number of aliphatic imine (C=N–C) groups is 2. The number of benzene rings is 10. The molecule has 0 bridgehead atoms. The van der Waals surface area contributed by atoms with Crippen LogP contribution in [0.2, 0.25) is 50.2 Å². The van der Waals surface area contributed by atoms with Crippen LogP contribution < -0.4 is 36.9 Å². The topological polar surface area (TPSA) is 363 Å². The second kappa shape index (κ2) is 40.2. The number of amidine groups is 1. The standard InChI is InChI=1S/C23H21Cl2N5O2.C22H14Cl2N2O.C20H18Cl2N2O4.C18H12Cl2N4O.C16H16Cl2N4O/c1-12(31)26-15-7-5-14(6-8-15)21-27-22-16(20(23(2,3)4)28-30(22)29-21)9-13-10-17(24)19(32)18(25)11-13;23-17-11-14(12-18(24)21(17)27)13-19-20(15-7-3-1-4-8-15)26-22(25-19)16-9-5-2-6-10-16;1-9(25)23-14-7-11(4-10-5-12(21)18(27)13(22)6-10)17-16(19(14)28)20(2,3)8-15(26)24-17;1-10-13(7-11-8-14(19)16(25)15(20)9-11)18-22-21-17(24(18)23-10)12-5-3-2-4-6-12;1-8-19-15-10(14(16(2,3)4)21-22(15)20-8)5-9-6-11(17)13(23)12(18)7-9/h5-11,32H,1-4H3,(H,26,31);1-13,27H;4-7,27-28H,8H2,1-3H3,(H,23,25);2-9,25H,1H3;5-7,23H,1-4H3/b16-9-;19-13-;11-4+;13-7-;10-5-. The van der Waals surface area contributed by atoms with Crippen molar-refractivity contribution in [3.05, 3.63) is 332 Å². The number of phenols is 6. The SMILES string of the molecule is CC(=O)Nc1c/c(=C\c2cc(Cl)c(O)c(Cl)c2)c2c(c1O)C(C)(C)CC(=O)N=2.CC(=O)Nc1ccc(-c2nc3/c(=C\c4cc(Cl)c(O)c(Cl)c4)c(C(C)(C)C)nn3n2)cc1.Cc1nc2/c(=C\c3cc(Cl)c(O)c(Cl)c3)c(C(C)(C)C)nn2n1.Cc1nn2c(-c3ccccc3)nnc2/c1=C\c1cc(Cl)c(O)c(Cl)c1.Oc1c(Cl)cc(/C=C2\N=C(c3ccccc3)N=C2c2ccccc2)cc1Cl. The third-order valence-electron chi connectivity index (χ3n) is 20.7. The maximum Gasteiger partial charge on any atom is 0.247 e. The Bertz CT molecular complexity index is 7720. The zero-order chi connectivity index (χ0) is 97.3. The predicted molar refractivity (Wildman–Crippen MR) is 535 cm³/mol. The van der Waals surface area contributed by atoms with Gasteiger partial charge >= 0.3 is 0 Å². The fourth-order valence-electron chi connectivity index (χ4n) is 14.6. The van der Waals surface area contributed by atoms with E-state index in [1.54, 1.807) is 75.9 Å². The van der Waals surface area contributed by atoms with Crippen molar-refractivity contribution in [3.63, 3.8) is 0 Å². The Kier molecular flexibility index (Phi) is 29.2. The third kappa shape index (κ3) is 22.3. The maximum atomic E-state index is 12.2. The summed E-state index contributed by atoms with van der Waals surface area (Å²) in [4.78, 5) is 57.7. The van der Waals surface area contributed by atoms with E-state index in [0.717, 1.165) is 77.4 Å². The summed E-state index contributed by atoms with van der Waals surface area (Å²) < 4.78 is 4.79. The van der Waals surface area contributed by atoms with Crippen LogP contribution in [0.4, 0.5) is 11.4 Å². The van der Waals surface area contributed by atoms with E-state index in [1.165, 1.54) is 36.7 Å². The minimum atomic E-state index is -0.681. The summed E-state index contributed by atoms with van der Waals surface area (Å²) in [6, 6.07) is 54.4. The van der Waals surface area contributed by atoms with E-state index in [2.05, 4.69) is 97.8 Å². The highest BCUT2D eigenvalue weighted by atomic mass is 35.5. The number of fused-ring (bicyclic) bond motifs is 4. The lowest BCUT2D eigenvalue weighted by Crippen LogP contribution is -2.42. The van der Waals surface area contributed by atoms with Crippen LogP contribution in [0, 0.1) is 13.8 Å². The molecule has 2 aliphatic rings. The van der Waals surface area contributed by atoms with Crippen LogP contribution in [0.3, 0.4) is 0 Å². The molecule has 0 atom stereocenters. The van der Waals surface area contributed by atoms with Gasteiger partial charge in [0.05, 0.1) is 89.8 Å². The molecule has 3 amide bonds. The number of hydrogen-bond donors (Lipinski definition) is 8. The van der Waals surface area contributed by atoms with E-state index in [0.29, 0.717) is 78.9 Å². The molecule has 0 fully saturated rings. The number of phenolic OH excluding ortho intramolecular Hbond substituents is 6. The van der Waals surface area contributed by atoms with Crippen LogP contribution in [-0.4, -0.2) is 119 Å². The van der Waals surface area contributed by atoms with Crippen LogP contribution in [0.1, 0.15) is 143 Å². The van der Waals surface area contributed by atoms with Gasteiger partial charge in [-0.25, -0.2) is 24.9 Å². The Morgan fingerprint density at radius 1 is 0.422 bits per heavy atom. The maximum absolute atomic E-state index is 12.2. The van der Waals surface area contributed by atoms with Crippen LogP contribution in [0.5, 0.6) is 34.5 Å². The first-order valence-electron chi connectivity index (χ1n) is 41.2. The molecular formula is C99H81Cl10N17O9. The molecule has 8 N–H and O–H groups in total. The van der Waals surface area contributed by atoms with E-state index in [1.807, 2.05) is 155 Å². The highest BCUT2D eigenvalue weighted by molar-refractivity contribution is 6.40. The van der Waals surface area contributed by atoms with Gasteiger partial charge in [-0.2, -0.15) is 19.8 Å². The zero-order valence-electron chi connectivity index (χ0n) is 73.8. The van der Waals surface area contributed by atoms with Gasteiger partial charge in [0.15, 0.2) is 63.2 Å². The van der Waals surface area contributed by atoms with Gasteiger partial charge in [-0.15, -0.1) is 29.7 Å². The zero-order valence-corrected chi connectivity index (χ0v) is 81.4. The van der Waals surface area contributed by atoms with Gasteiger partial charge in [0.25, 0.3) is 0 Å². The summed E-state index contributed by atoms with van der Waals surface area (Å²) in [6.45, 7) is 22.6. The first-order chi connectivity index (χ1) is 63.8. The minimum absolute atomic E-state index is 0.0711. The van der Waals surface area contributed by atoms with E-state index in [-0.39, 0.29) is 125 Å². The van der Waals surface area contributed by atoms with Gasteiger partial charge in [0, 0.05) is 90.9 Å². The van der Waals surface area contributed by atoms with Crippen molar-refractivity contribution >= 4 is 204 Å². The summed E-state index contributed by atoms with van der Waals surface area (Å²) in [7, 11) is 0. The number of anilines is 2. The lowest BCUT2D eigenvalue weighted by Gasteiger charge is -2.28. The molecule has 16 aromatic rings. The van der Waals surface area contributed by atoms with E-state index >= 15 is 0 Å². The van der Waals surface area contributed by atoms with Crippen LogP contribution >= 0.6 is 116 Å². The second-order valence-electron chi connectivity index (χ2n) is 33.9. The number of aromatic hydroxyl groups is 6. The van der Waals surface area contributed by atoms with E-state index < -0.39 is 5.41 Å². The number of aryl methyl sites for hydroxylation is 2. The van der Waals surface area contributed by atoms with Gasteiger partial charge in [-0.3, -0.25) is 14.4 Å². The molecule has 135 heavy (non-hydrogen) atoms.